The molecule has 8 heteroatoms. The fourth-order valence-corrected chi connectivity index (χ4v) is 4.65. The minimum atomic E-state index is -0.934. The average Bonchev–Trinajstić information content (AvgIpc) is 3.04. The molecule has 2 N–H and O–H groups in total. The molecule has 1 fully saturated rings. The Morgan fingerprint density at radius 2 is 1.94 bits per heavy atom. The minimum Gasteiger partial charge on any atom is -0.491 e. The molecule has 2 aliphatic rings. The molecule has 0 bridgehead atoms. The van der Waals surface area contributed by atoms with Crippen molar-refractivity contribution in [2.24, 2.45) is 0 Å². The van der Waals surface area contributed by atoms with Crippen molar-refractivity contribution in [1.82, 2.24) is 19.8 Å². The lowest BCUT2D eigenvalue weighted by Crippen LogP contribution is -2.53. The van der Waals surface area contributed by atoms with Crippen LogP contribution < -0.4 is 4.74 Å². The molecule has 1 atom stereocenters. The smallest absolute Gasteiger partial charge is 0.326 e. The molecule has 0 radical (unpaired) electrons. The summed E-state index contributed by atoms with van der Waals surface area (Å²) in [6, 6.07) is 11.1. The van der Waals surface area contributed by atoms with E-state index in [-0.39, 0.29) is 6.03 Å². The Hall–Kier alpha value is -3.55. The van der Waals surface area contributed by atoms with Crippen LogP contribution in [-0.2, 0) is 11.3 Å². The Kier molecular flexibility index (Phi) is 5.20. The number of H-pyrrole nitrogens is 1. The van der Waals surface area contributed by atoms with Crippen LogP contribution in [0.1, 0.15) is 30.7 Å². The van der Waals surface area contributed by atoms with Gasteiger partial charge in [0, 0.05) is 12.1 Å². The number of likely N-dealkylation sites (tertiary alicyclic amines) is 1. The van der Waals surface area contributed by atoms with Crippen molar-refractivity contribution < 1.29 is 19.4 Å². The van der Waals surface area contributed by atoms with Crippen LogP contribution in [0.3, 0.4) is 0 Å². The van der Waals surface area contributed by atoms with E-state index < -0.39 is 12.0 Å². The molecular weight excluding hydrogens is 408 g/mol. The SMILES string of the molecule is Cc1nc2ccc(-c3ccc4c(c3)CN(C(=O)N3CCCCC3C(=O)O)CCO4)cc2[nH]1. The number of imidazole rings is 1. The number of urea groups is 1. The lowest BCUT2D eigenvalue weighted by atomic mass is 10.0. The molecule has 8 nitrogen and oxygen atoms in total. The third-order valence-electron chi connectivity index (χ3n) is 6.28. The monoisotopic (exact) mass is 434 g/mol. The molecule has 3 aromatic rings. The van der Waals surface area contributed by atoms with Crippen molar-refractivity contribution in [3.8, 4) is 16.9 Å². The summed E-state index contributed by atoms with van der Waals surface area (Å²) >= 11 is 0. The maximum absolute atomic E-state index is 13.3. The molecule has 166 valence electrons. The molecule has 2 aliphatic heterocycles. The van der Waals surface area contributed by atoms with Crippen LogP contribution in [0.2, 0.25) is 0 Å². The van der Waals surface area contributed by atoms with Crippen LogP contribution in [0.5, 0.6) is 5.75 Å². The van der Waals surface area contributed by atoms with Crippen LogP contribution in [0.15, 0.2) is 36.4 Å². The highest BCUT2D eigenvalue weighted by atomic mass is 16.5. The first kappa shape index (κ1) is 20.4. The van der Waals surface area contributed by atoms with Gasteiger partial charge in [-0.15, -0.1) is 0 Å². The summed E-state index contributed by atoms with van der Waals surface area (Å²) in [5.74, 6) is 0.700. The van der Waals surface area contributed by atoms with Gasteiger partial charge in [0.1, 0.15) is 24.2 Å². The van der Waals surface area contributed by atoms with Gasteiger partial charge in [-0.1, -0.05) is 12.1 Å². The Morgan fingerprint density at radius 1 is 1.12 bits per heavy atom. The first-order chi connectivity index (χ1) is 15.5. The number of carbonyl (C=O) groups excluding carboxylic acids is 1. The second-order valence-corrected chi connectivity index (χ2v) is 8.47. The number of carbonyl (C=O) groups is 2. The Morgan fingerprint density at radius 3 is 2.78 bits per heavy atom. The Labute approximate surface area is 185 Å². The summed E-state index contributed by atoms with van der Waals surface area (Å²) < 4.78 is 5.91. The fourth-order valence-electron chi connectivity index (χ4n) is 4.65. The zero-order valence-electron chi connectivity index (χ0n) is 18.0. The van der Waals surface area contributed by atoms with Crippen molar-refractivity contribution in [3.63, 3.8) is 0 Å². The lowest BCUT2D eigenvalue weighted by Gasteiger charge is -2.36. The topological polar surface area (TPSA) is 98.8 Å². The number of aliphatic carboxylic acids is 1. The maximum Gasteiger partial charge on any atom is 0.326 e. The van der Waals surface area contributed by atoms with Gasteiger partial charge >= 0.3 is 12.0 Å². The van der Waals surface area contributed by atoms with Crippen LogP contribution >= 0.6 is 0 Å². The van der Waals surface area contributed by atoms with Crippen molar-refractivity contribution >= 4 is 23.0 Å². The standard InChI is InChI=1S/C24H26N4O4/c1-15-25-19-7-5-17(13-20(19)26-15)16-6-8-22-18(12-16)14-27(10-11-32-22)24(31)28-9-3-2-4-21(28)23(29)30/h5-8,12-13,21H,2-4,9-11,14H2,1H3,(H,25,26)(H,29,30). The van der Waals surface area contributed by atoms with E-state index in [0.717, 1.165) is 52.1 Å². The molecule has 1 aromatic heterocycles. The molecule has 2 aromatic carbocycles. The second-order valence-electron chi connectivity index (χ2n) is 8.47. The summed E-state index contributed by atoms with van der Waals surface area (Å²) in [5, 5.41) is 9.56. The van der Waals surface area contributed by atoms with Gasteiger partial charge in [-0.3, -0.25) is 0 Å². The fraction of sp³-hybridized carbons (Fsp3) is 0.375. The van der Waals surface area contributed by atoms with Gasteiger partial charge < -0.3 is 24.6 Å². The van der Waals surface area contributed by atoms with Crippen molar-refractivity contribution in [2.75, 3.05) is 19.7 Å². The first-order valence-corrected chi connectivity index (χ1v) is 11.0. The number of hydrogen-bond donors (Lipinski definition) is 2. The predicted octanol–water partition coefficient (Wildman–Crippen LogP) is 3.79. The third-order valence-corrected chi connectivity index (χ3v) is 6.28. The summed E-state index contributed by atoms with van der Waals surface area (Å²) in [6.07, 6.45) is 2.16. The molecule has 0 aliphatic carbocycles. The van der Waals surface area contributed by atoms with Gasteiger partial charge in [-0.2, -0.15) is 0 Å². The van der Waals surface area contributed by atoms with E-state index in [1.54, 1.807) is 4.90 Å². The first-order valence-electron chi connectivity index (χ1n) is 11.0. The minimum absolute atomic E-state index is 0.228. The number of carboxylic acid groups (broad SMARTS) is 1. The van der Waals surface area contributed by atoms with Gasteiger partial charge in [-0.05, 0) is 61.6 Å². The van der Waals surface area contributed by atoms with Crippen LogP contribution in [0.25, 0.3) is 22.2 Å². The van der Waals surface area contributed by atoms with Crippen molar-refractivity contribution in [2.45, 2.75) is 38.8 Å². The number of ether oxygens (including phenoxy) is 1. The largest absolute Gasteiger partial charge is 0.491 e. The highest BCUT2D eigenvalue weighted by Gasteiger charge is 2.35. The van der Waals surface area contributed by atoms with E-state index in [4.69, 9.17) is 4.74 Å². The second kappa shape index (κ2) is 8.18. The number of aryl methyl sites for hydroxylation is 1. The van der Waals surface area contributed by atoms with Crippen molar-refractivity contribution in [3.05, 3.63) is 47.8 Å². The number of aromatic amines is 1. The number of amides is 2. The number of benzene rings is 2. The van der Waals surface area contributed by atoms with Gasteiger partial charge in [0.15, 0.2) is 0 Å². The highest BCUT2D eigenvalue weighted by molar-refractivity contribution is 5.84. The Balaban J connectivity index is 1.42. The van der Waals surface area contributed by atoms with E-state index in [1.165, 1.54) is 4.90 Å². The van der Waals surface area contributed by atoms with E-state index in [1.807, 2.05) is 31.2 Å². The molecular formula is C24H26N4O4. The Bertz CT molecular complexity index is 1190. The number of carboxylic acids is 1. The number of nitrogens with zero attached hydrogens (tertiary/aromatic N) is 3. The summed E-state index contributed by atoms with van der Waals surface area (Å²) in [5.41, 5.74) is 4.90. The number of nitrogens with one attached hydrogen (secondary N) is 1. The molecule has 0 saturated carbocycles. The molecule has 5 rings (SSSR count). The van der Waals surface area contributed by atoms with Crippen LogP contribution in [-0.4, -0.2) is 62.6 Å². The zero-order chi connectivity index (χ0) is 22.2. The van der Waals surface area contributed by atoms with Gasteiger partial charge in [-0.25, -0.2) is 14.6 Å². The quantitative estimate of drug-likeness (QED) is 0.639. The molecule has 3 heterocycles. The van der Waals surface area contributed by atoms with Crippen LogP contribution in [0.4, 0.5) is 4.79 Å². The highest BCUT2D eigenvalue weighted by Crippen LogP contribution is 2.31. The third kappa shape index (κ3) is 3.77. The zero-order valence-corrected chi connectivity index (χ0v) is 18.0. The van der Waals surface area contributed by atoms with E-state index in [9.17, 15) is 14.7 Å². The molecule has 1 unspecified atom stereocenters. The van der Waals surface area contributed by atoms with E-state index in [0.29, 0.717) is 32.7 Å². The molecule has 0 spiro atoms. The van der Waals surface area contributed by atoms with Gasteiger partial charge in [0.2, 0.25) is 0 Å². The van der Waals surface area contributed by atoms with E-state index in [2.05, 4.69) is 22.1 Å². The number of fused-ring (bicyclic) bond motifs is 2. The van der Waals surface area contributed by atoms with Crippen molar-refractivity contribution in [1.29, 1.82) is 0 Å². The predicted molar refractivity (Wildman–Crippen MR) is 120 cm³/mol. The van der Waals surface area contributed by atoms with E-state index >= 15 is 0 Å². The average molecular weight is 434 g/mol. The number of rotatable bonds is 2. The molecule has 2 amide bonds. The number of piperidine rings is 1. The van der Waals surface area contributed by atoms with Gasteiger partial charge in [0.05, 0.1) is 24.1 Å². The summed E-state index contributed by atoms with van der Waals surface area (Å²) in [4.78, 5) is 35.9. The number of aromatic nitrogens is 2. The lowest BCUT2D eigenvalue weighted by molar-refractivity contribution is -0.143. The molecule has 32 heavy (non-hydrogen) atoms. The summed E-state index contributed by atoms with van der Waals surface area (Å²) in [7, 11) is 0. The summed E-state index contributed by atoms with van der Waals surface area (Å²) in [6.45, 7) is 3.59. The van der Waals surface area contributed by atoms with Gasteiger partial charge in [0.25, 0.3) is 0 Å². The number of hydrogen-bond acceptors (Lipinski definition) is 4. The maximum atomic E-state index is 13.3. The van der Waals surface area contributed by atoms with Crippen LogP contribution in [0, 0.1) is 6.92 Å². The normalized spacial score (nSPS) is 18.7. The molecule has 1 saturated heterocycles.